The summed E-state index contributed by atoms with van der Waals surface area (Å²) in [6, 6.07) is 0. The molecule has 1 heterocycles. The number of thiazole rings is 1. The quantitative estimate of drug-likeness (QED) is 0.591. The van der Waals surface area contributed by atoms with Gasteiger partial charge in [-0.1, -0.05) is 18.7 Å². The van der Waals surface area contributed by atoms with E-state index in [1.165, 1.54) is 0 Å². The first-order valence-electron chi connectivity index (χ1n) is 6.49. The Hall–Kier alpha value is -0.590. The molecule has 0 saturated carbocycles. The molecule has 0 bridgehead atoms. The number of thioether (sulfide) groups is 1. The zero-order valence-electron chi connectivity index (χ0n) is 12.0. The van der Waals surface area contributed by atoms with E-state index in [1.54, 1.807) is 23.1 Å². The lowest BCUT2D eigenvalue weighted by atomic mass is 9.99. The Bertz CT molecular complexity index is 409. The third-order valence-electron chi connectivity index (χ3n) is 2.72. The number of rotatable bonds is 8. The maximum Gasteiger partial charge on any atom is 0.326 e. The van der Waals surface area contributed by atoms with Crippen molar-refractivity contribution < 1.29 is 9.53 Å². The van der Waals surface area contributed by atoms with Crippen LogP contribution in [0.2, 0.25) is 0 Å². The number of aromatic nitrogens is 1. The Balaban J connectivity index is 2.51. The molecule has 1 N–H and O–H groups in total. The van der Waals surface area contributed by atoms with Gasteiger partial charge in [-0.3, -0.25) is 4.79 Å². The van der Waals surface area contributed by atoms with Crippen LogP contribution < -0.4 is 5.32 Å². The zero-order chi connectivity index (χ0) is 14.3. The molecule has 1 unspecified atom stereocenters. The maximum atomic E-state index is 12.0. The summed E-state index contributed by atoms with van der Waals surface area (Å²) in [6.45, 7) is 8.88. The van der Waals surface area contributed by atoms with Gasteiger partial charge in [0.1, 0.15) is 9.88 Å². The summed E-state index contributed by atoms with van der Waals surface area (Å²) >= 11 is 3.34. The molecule has 0 fully saturated rings. The van der Waals surface area contributed by atoms with Crippen LogP contribution in [0.5, 0.6) is 0 Å². The van der Waals surface area contributed by atoms with Crippen molar-refractivity contribution in [2.75, 3.05) is 18.9 Å². The highest BCUT2D eigenvalue weighted by Crippen LogP contribution is 2.25. The van der Waals surface area contributed by atoms with Gasteiger partial charge in [0, 0.05) is 16.8 Å². The molecule has 0 aliphatic carbocycles. The van der Waals surface area contributed by atoms with Crippen molar-refractivity contribution in [2.45, 2.75) is 44.0 Å². The first-order valence-corrected chi connectivity index (χ1v) is 8.35. The topological polar surface area (TPSA) is 51.2 Å². The molecule has 0 saturated heterocycles. The lowest BCUT2D eigenvalue weighted by Crippen LogP contribution is -2.50. The normalized spacial score (nSPS) is 14.1. The molecule has 0 amide bonds. The van der Waals surface area contributed by atoms with Gasteiger partial charge in [-0.2, -0.15) is 0 Å². The van der Waals surface area contributed by atoms with E-state index in [0.717, 1.165) is 28.8 Å². The summed E-state index contributed by atoms with van der Waals surface area (Å²) in [7, 11) is 0. The number of aryl methyl sites for hydroxylation is 1. The second kappa shape index (κ2) is 7.87. The molecule has 108 valence electrons. The molecule has 4 nitrogen and oxygen atoms in total. The van der Waals surface area contributed by atoms with E-state index < -0.39 is 5.54 Å². The smallest absolute Gasteiger partial charge is 0.326 e. The van der Waals surface area contributed by atoms with Gasteiger partial charge in [0.15, 0.2) is 0 Å². The molecule has 6 heteroatoms. The minimum absolute atomic E-state index is 0.173. The first kappa shape index (κ1) is 16.5. The summed E-state index contributed by atoms with van der Waals surface area (Å²) in [5.74, 6) is 0.669. The van der Waals surface area contributed by atoms with Crippen LogP contribution in [0.25, 0.3) is 0 Å². The number of hydrogen-bond acceptors (Lipinski definition) is 6. The number of likely N-dealkylation sites (N-methyl/N-ethyl adjacent to an activating group) is 1. The Kier molecular flexibility index (Phi) is 6.82. The molecule has 0 radical (unpaired) electrons. The summed E-state index contributed by atoms with van der Waals surface area (Å²) in [5.41, 5.74) is 0.441. The highest BCUT2D eigenvalue weighted by atomic mass is 32.2. The fourth-order valence-electron chi connectivity index (χ4n) is 1.68. The van der Waals surface area contributed by atoms with Gasteiger partial charge in [-0.05, 0) is 33.7 Å². The van der Waals surface area contributed by atoms with Crippen LogP contribution in [-0.4, -0.2) is 35.4 Å². The zero-order valence-corrected chi connectivity index (χ0v) is 13.6. The van der Waals surface area contributed by atoms with Gasteiger partial charge in [0.2, 0.25) is 0 Å². The number of carbonyl (C=O) groups is 1. The van der Waals surface area contributed by atoms with Gasteiger partial charge in [0.25, 0.3) is 0 Å². The van der Waals surface area contributed by atoms with Gasteiger partial charge >= 0.3 is 5.97 Å². The third kappa shape index (κ3) is 5.12. The molecule has 1 aromatic rings. The van der Waals surface area contributed by atoms with E-state index in [1.807, 2.05) is 33.1 Å². The predicted octanol–water partition coefficient (Wildman–Crippen LogP) is 2.87. The lowest BCUT2D eigenvalue weighted by molar-refractivity contribution is -0.150. The van der Waals surface area contributed by atoms with E-state index in [9.17, 15) is 4.79 Å². The maximum absolute atomic E-state index is 12.0. The monoisotopic (exact) mass is 302 g/mol. The summed E-state index contributed by atoms with van der Waals surface area (Å²) in [5, 5.41) is 5.27. The second-order valence-electron chi connectivity index (χ2n) is 4.44. The Morgan fingerprint density at radius 2 is 2.32 bits per heavy atom. The fraction of sp³-hybridized carbons (Fsp3) is 0.692. The van der Waals surface area contributed by atoms with Gasteiger partial charge in [0.05, 0.1) is 6.61 Å². The van der Waals surface area contributed by atoms with Gasteiger partial charge < -0.3 is 10.1 Å². The van der Waals surface area contributed by atoms with Crippen LogP contribution in [0.4, 0.5) is 0 Å². The number of ether oxygens (including phenoxy) is 1. The van der Waals surface area contributed by atoms with Gasteiger partial charge in [-0.15, -0.1) is 11.3 Å². The van der Waals surface area contributed by atoms with Crippen LogP contribution >= 0.6 is 23.1 Å². The Morgan fingerprint density at radius 3 is 2.84 bits per heavy atom. The average Bonchev–Trinajstić information content (AvgIpc) is 2.76. The minimum atomic E-state index is -0.607. The molecule has 1 rings (SSSR count). The molecule has 0 aliphatic heterocycles. The van der Waals surface area contributed by atoms with Crippen molar-refractivity contribution in [3.8, 4) is 0 Å². The number of esters is 1. The van der Waals surface area contributed by atoms with E-state index in [0.29, 0.717) is 6.61 Å². The molecular formula is C13H22N2O2S2. The minimum Gasteiger partial charge on any atom is -0.465 e. The Morgan fingerprint density at radius 1 is 1.58 bits per heavy atom. The molecule has 0 aliphatic rings. The number of nitrogens with one attached hydrogen (secondary N) is 1. The molecule has 19 heavy (non-hydrogen) atoms. The predicted molar refractivity (Wildman–Crippen MR) is 80.9 cm³/mol. The number of hydrogen-bond donors (Lipinski definition) is 1. The summed E-state index contributed by atoms with van der Waals surface area (Å²) in [4.78, 5) is 16.4. The molecule has 1 aromatic heterocycles. The van der Waals surface area contributed by atoms with Crippen molar-refractivity contribution >= 4 is 29.1 Å². The molecular weight excluding hydrogens is 280 g/mol. The van der Waals surface area contributed by atoms with Crippen molar-refractivity contribution in [1.82, 2.24) is 10.3 Å². The van der Waals surface area contributed by atoms with Crippen LogP contribution in [0.3, 0.4) is 0 Å². The fourth-order valence-corrected chi connectivity index (χ4v) is 3.77. The highest BCUT2D eigenvalue weighted by molar-refractivity contribution is 8.01. The van der Waals surface area contributed by atoms with Crippen molar-refractivity contribution in [1.29, 1.82) is 0 Å². The van der Waals surface area contributed by atoms with E-state index >= 15 is 0 Å². The molecule has 0 aromatic carbocycles. The lowest BCUT2D eigenvalue weighted by Gasteiger charge is -2.27. The average molecular weight is 302 g/mol. The van der Waals surface area contributed by atoms with Crippen molar-refractivity contribution in [3.05, 3.63) is 11.1 Å². The van der Waals surface area contributed by atoms with Crippen LogP contribution in [0.15, 0.2) is 9.72 Å². The van der Waals surface area contributed by atoms with Crippen molar-refractivity contribution in [3.63, 3.8) is 0 Å². The standard InChI is InChI=1S/C13H22N2O2S2/c1-5-14-13(4,11(16)17-6-2)7-8-18-12-15-10(3)9-19-12/h9,14H,5-8H2,1-4H3. The molecule has 0 spiro atoms. The molecule has 1 atom stereocenters. The Labute approximate surface area is 123 Å². The first-order chi connectivity index (χ1) is 9.01. The number of nitrogens with zero attached hydrogens (tertiary/aromatic N) is 1. The number of carbonyl (C=O) groups excluding carboxylic acids is 1. The van der Waals surface area contributed by atoms with Crippen molar-refractivity contribution in [2.24, 2.45) is 0 Å². The van der Waals surface area contributed by atoms with E-state index in [-0.39, 0.29) is 5.97 Å². The van der Waals surface area contributed by atoms with Crippen LogP contribution in [0, 0.1) is 6.92 Å². The summed E-state index contributed by atoms with van der Waals surface area (Å²) in [6.07, 6.45) is 0.725. The van der Waals surface area contributed by atoms with Crippen LogP contribution in [0.1, 0.15) is 32.9 Å². The van der Waals surface area contributed by atoms with E-state index in [2.05, 4.69) is 10.3 Å². The van der Waals surface area contributed by atoms with Crippen LogP contribution in [-0.2, 0) is 9.53 Å². The third-order valence-corrected chi connectivity index (χ3v) is 4.86. The summed E-state index contributed by atoms with van der Waals surface area (Å²) < 4.78 is 6.20. The van der Waals surface area contributed by atoms with E-state index in [4.69, 9.17) is 4.74 Å². The SMILES string of the molecule is CCNC(C)(CCSc1nc(C)cs1)C(=O)OCC. The largest absolute Gasteiger partial charge is 0.465 e. The second-order valence-corrected chi connectivity index (χ2v) is 6.64. The van der Waals surface area contributed by atoms with Gasteiger partial charge in [-0.25, -0.2) is 4.98 Å². The highest BCUT2D eigenvalue weighted by Gasteiger charge is 2.33.